The molecule has 1 aromatic carbocycles. The minimum absolute atomic E-state index is 0.105. The lowest BCUT2D eigenvalue weighted by molar-refractivity contribution is 0.237. The average molecular weight is 369 g/mol. The summed E-state index contributed by atoms with van der Waals surface area (Å²) < 4.78 is 19.6. The lowest BCUT2D eigenvalue weighted by Gasteiger charge is -2.24. The Morgan fingerprint density at radius 3 is 2.70 bits per heavy atom. The molecule has 1 aliphatic carbocycles. The van der Waals surface area contributed by atoms with Crippen LogP contribution in [-0.2, 0) is 0 Å². The number of benzene rings is 1. The summed E-state index contributed by atoms with van der Waals surface area (Å²) in [6.45, 7) is 3.98. The van der Waals surface area contributed by atoms with Crippen molar-refractivity contribution in [2.45, 2.75) is 32.7 Å². The van der Waals surface area contributed by atoms with E-state index >= 15 is 0 Å². The van der Waals surface area contributed by atoms with Crippen LogP contribution >= 0.6 is 0 Å². The number of rotatable bonds is 4. The van der Waals surface area contributed by atoms with Gasteiger partial charge in [-0.05, 0) is 43.4 Å². The van der Waals surface area contributed by atoms with Crippen molar-refractivity contribution in [1.29, 1.82) is 0 Å². The summed E-state index contributed by atoms with van der Waals surface area (Å²) in [6.07, 6.45) is 4.80. The highest BCUT2D eigenvalue weighted by Gasteiger charge is 2.48. The number of nitrogen functional groups attached to an aromatic ring is 1. The second-order valence-corrected chi connectivity index (χ2v) is 7.25. The molecule has 0 radical (unpaired) electrons. The molecule has 0 saturated heterocycles. The van der Waals surface area contributed by atoms with Gasteiger partial charge in [-0.25, -0.2) is 19.2 Å². The number of nitrogens with one attached hydrogen (secondary N) is 2. The van der Waals surface area contributed by atoms with Gasteiger partial charge < -0.3 is 20.8 Å². The molecular weight excluding hydrogens is 349 g/mol. The van der Waals surface area contributed by atoms with Crippen molar-refractivity contribution in [1.82, 2.24) is 15.3 Å². The maximum Gasteiger partial charge on any atom is 0.319 e. The van der Waals surface area contributed by atoms with Crippen molar-refractivity contribution >= 4 is 28.6 Å². The average Bonchev–Trinajstić information content (AvgIpc) is 3.31. The third kappa shape index (κ3) is 3.30. The summed E-state index contributed by atoms with van der Waals surface area (Å²) >= 11 is 0. The largest absolute Gasteiger partial charge is 0.459 e. The Morgan fingerprint density at radius 2 is 2.04 bits per heavy atom. The van der Waals surface area contributed by atoms with Crippen molar-refractivity contribution in [2.75, 3.05) is 11.1 Å². The van der Waals surface area contributed by atoms with E-state index in [1.165, 1.54) is 24.5 Å². The molecule has 4 N–H and O–H groups in total. The number of fused-ring (bicyclic) bond motifs is 1. The van der Waals surface area contributed by atoms with E-state index in [0.717, 1.165) is 18.4 Å². The number of amides is 2. The number of aromatic nitrogens is 2. The summed E-state index contributed by atoms with van der Waals surface area (Å²) in [4.78, 5) is 20.2. The third-order valence-electron chi connectivity index (χ3n) is 5.14. The molecule has 8 heteroatoms. The Bertz CT molecular complexity index is 1010. The number of carbonyl (C=O) groups is 1. The van der Waals surface area contributed by atoms with Gasteiger partial charge in [0.05, 0.1) is 24.1 Å². The fraction of sp³-hybridized carbons (Fsp3) is 0.316. The quantitative estimate of drug-likeness (QED) is 0.646. The van der Waals surface area contributed by atoms with Gasteiger partial charge in [-0.1, -0.05) is 6.92 Å². The van der Waals surface area contributed by atoms with Crippen molar-refractivity contribution < 1.29 is 13.6 Å². The fourth-order valence-electron chi connectivity index (χ4n) is 3.23. The molecule has 140 valence electrons. The van der Waals surface area contributed by atoms with Gasteiger partial charge in [0.25, 0.3) is 0 Å². The summed E-state index contributed by atoms with van der Waals surface area (Å²) in [6, 6.07) is 3.70. The van der Waals surface area contributed by atoms with Crippen molar-refractivity contribution in [3.05, 3.63) is 47.7 Å². The normalized spacial score (nSPS) is 16.1. The zero-order valence-electron chi connectivity index (χ0n) is 15.0. The van der Waals surface area contributed by atoms with Gasteiger partial charge >= 0.3 is 6.03 Å². The van der Waals surface area contributed by atoms with E-state index in [2.05, 4.69) is 27.5 Å². The Morgan fingerprint density at radius 1 is 1.33 bits per heavy atom. The number of nitrogens with zero attached hydrogens (tertiary/aromatic N) is 2. The van der Waals surface area contributed by atoms with E-state index in [1.807, 2.05) is 6.92 Å². The van der Waals surface area contributed by atoms with Gasteiger partial charge in [-0.15, -0.1) is 0 Å². The number of nitrogens with two attached hydrogens (primary N) is 1. The number of urea groups is 1. The predicted octanol–water partition coefficient (Wildman–Crippen LogP) is 3.92. The number of aryl methyl sites for hydroxylation is 1. The van der Waals surface area contributed by atoms with Crippen LogP contribution in [0.2, 0.25) is 0 Å². The second-order valence-electron chi connectivity index (χ2n) is 7.25. The minimum atomic E-state index is -0.396. The summed E-state index contributed by atoms with van der Waals surface area (Å²) in [5.74, 6) is 0.468. The van der Waals surface area contributed by atoms with Gasteiger partial charge in [0.1, 0.15) is 17.2 Å². The topological polar surface area (TPSA) is 106 Å². The fourth-order valence-corrected chi connectivity index (χ4v) is 3.23. The third-order valence-corrected chi connectivity index (χ3v) is 5.14. The van der Waals surface area contributed by atoms with E-state index in [4.69, 9.17) is 10.2 Å². The van der Waals surface area contributed by atoms with Crippen LogP contribution in [0.4, 0.5) is 20.8 Å². The molecule has 2 amide bonds. The van der Waals surface area contributed by atoms with E-state index in [0.29, 0.717) is 22.4 Å². The molecule has 1 aliphatic rings. The first-order chi connectivity index (χ1) is 12.9. The minimum Gasteiger partial charge on any atom is -0.459 e. The Hall–Kier alpha value is -3.16. The first-order valence-electron chi connectivity index (χ1n) is 8.69. The maximum atomic E-state index is 13.6. The van der Waals surface area contributed by atoms with Crippen LogP contribution in [0, 0.1) is 18.2 Å². The van der Waals surface area contributed by atoms with Crippen molar-refractivity contribution in [3.8, 4) is 0 Å². The molecule has 0 bridgehead atoms. The Balaban J connectivity index is 1.62. The number of furan rings is 1. The molecule has 1 atom stereocenters. The number of halogens is 1. The van der Waals surface area contributed by atoms with Crippen LogP contribution in [-0.4, -0.2) is 16.0 Å². The van der Waals surface area contributed by atoms with Crippen LogP contribution < -0.4 is 16.4 Å². The monoisotopic (exact) mass is 369 g/mol. The molecule has 4 rings (SSSR count). The highest BCUT2D eigenvalue weighted by molar-refractivity contribution is 5.89. The first-order valence-corrected chi connectivity index (χ1v) is 8.69. The van der Waals surface area contributed by atoms with Crippen LogP contribution in [0.5, 0.6) is 0 Å². The smallest absolute Gasteiger partial charge is 0.319 e. The zero-order chi connectivity index (χ0) is 19.2. The van der Waals surface area contributed by atoms with Crippen LogP contribution in [0.1, 0.15) is 37.1 Å². The Labute approximate surface area is 155 Å². The molecule has 3 aromatic rings. The standard InChI is InChI=1S/C19H20FN5O2/c1-10-13-7-11(20)3-4-14(13)27-15(10)16(19(2)5-6-19)25-18(26)24-12-8-22-17(21)23-9-12/h3-4,7-9,16H,5-6H2,1-2H3,(H2,21,22,23)(H2,24,25,26)/t16-/m1/s1. The van der Waals surface area contributed by atoms with Gasteiger partial charge in [0.2, 0.25) is 5.95 Å². The molecule has 27 heavy (non-hydrogen) atoms. The van der Waals surface area contributed by atoms with E-state index in [9.17, 15) is 9.18 Å². The predicted molar refractivity (Wildman–Crippen MR) is 99.6 cm³/mol. The number of carbonyl (C=O) groups excluding carboxylic acids is 1. The maximum absolute atomic E-state index is 13.6. The molecule has 2 aromatic heterocycles. The van der Waals surface area contributed by atoms with E-state index in [1.54, 1.807) is 6.07 Å². The molecule has 1 saturated carbocycles. The summed E-state index contributed by atoms with van der Waals surface area (Å²) in [5.41, 5.74) is 7.22. The van der Waals surface area contributed by atoms with Crippen LogP contribution in [0.3, 0.4) is 0 Å². The molecule has 7 nitrogen and oxygen atoms in total. The lowest BCUT2D eigenvalue weighted by Crippen LogP contribution is -2.36. The second kappa shape index (κ2) is 6.22. The molecule has 0 spiro atoms. The van der Waals surface area contributed by atoms with E-state index in [-0.39, 0.29) is 23.2 Å². The van der Waals surface area contributed by atoms with Gasteiger partial charge in [-0.3, -0.25) is 0 Å². The molecular formula is C19H20FN5O2. The SMILES string of the molecule is Cc1c([C@@H](NC(=O)Nc2cnc(N)nc2)C2(C)CC2)oc2ccc(F)cc12. The van der Waals surface area contributed by atoms with Gasteiger partial charge in [0.15, 0.2) is 0 Å². The molecule has 0 aliphatic heterocycles. The first kappa shape index (κ1) is 17.3. The Kier molecular flexibility index (Phi) is 3.98. The van der Waals surface area contributed by atoms with Crippen LogP contribution in [0.15, 0.2) is 35.0 Å². The van der Waals surface area contributed by atoms with Crippen LogP contribution in [0.25, 0.3) is 11.0 Å². The highest BCUT2D eigenvalue weighted by atomic mass is 19.1. The molecule has 0 unspecified atom stereocenters. The molecule has 2 heterocycles. The lowest BCUT2D eigenvalue weighted by atomic mass is 9.94. The summed E-state index contributed by atoms with van der Waals surface area (Å²) in [5, 5.41) is 6.41. The summed E-state index contributed by atoms with van der Waals surface area (Å²) in [7, 11) is 0. The van der Waals surface area contributed by atoms with Crippen molar-refractivity contribution in [2.24, 2.45) is 5.41 Å². The number of hydrogen-bond donors (Lipinski definition) is 3. The number of anilines is 2. The van der Waals surface area contributed by atoms with Gasteiger partial charge in [-0.2, -0.15) is 0 Å². The van der Waals surface area contributed by atoms with Crippen molar-refractivity contribution in [3.63, 3.8) is 0 Å². The highest BCUT2D eigenvalue weighted by Crippen LogP contribution is 2.55. The number of hydrogen-bond acceptors (Lipinski definition) is 5. The van der Waals surface area contributed by atoms with Gasteiger partial charge in [0, 0.05) is 10.9 Å². The zero-order valence-corrected chi connectivity index (χ0v) is 15.0. The van der Waals surface area contributed by atoms with E-state index < -0.39 is 6.03 Å². The molecule has 1 fully saturated rings.